The van der Waals surface area contributed by atoms with Crippen LogP contribution in [-0.4, -0.2) is 30.7 Å². The molecule has 0 aromatic heterocycles. The van der Waals surface area contributed by atoms with Crippen molar-refractivity contribution in [3.8, 4) is 0 Å². The van der Waals surface area contributed by atoms with Crippen LogP contribution in [0.1, 0.15) is 24.3 Å². The molecule has 0 aliphatic carbocycles. The van der Waals surface area contributed by atoms with E-state index < -0.39 is 0 Å². The fraction of sp³-hybridized carbons (Fsp3) is 0.462. The van der Waals surface area contributed by atoms with Crippen molar-refractivity contribution in [2.45, 2.75) is 18.8 Å². The van der Waals surface area contributed by atoms with E-state index in [1.54, 1.807) is 0 Å². The van der Waals surface area contributed by atoms with Crippen LogP contribution < -0.4 is 5.32 Å². The molecule has 1 atom stereocenters. The second-order valence-electron chi connectivity index (χ2n) is 4.48. The monoisotopic (exact) mass is 232 g/mol. The molecule has 0 bridgehead atoms. The molecule has 2 aliphatic heterocycles. The van der Waals surface area contributed by atoms with Crippen LogP contribution in [0.15, 0.2) is 24.3 Å². The Morgan fingerprint density at radius 3 is 3.12 bits per heavy atom. The van der Waals surface area contributed by atoms with Gasteiger partial charge in [0.2, 0.25) is 0 Å². The zero-order valence-electron chi connectivity index (χ0n) is 9.69. The van der Waals surface area contributed by atoms with Crippen LogP contribution in [-0.2, 0) is 9.63 Å². The number of fused-ring (bicyclic) bond motifs is 1. The summed E-state index contributed by atoms with van der Waals surface area (Å²) in [7, 11) is 0. The maximum absolute atomic E-state index is 12.3. The average molecular weight is 232 g/mol. The second kappa shape index (κ2) is 4.37. The fourth-order valence-electron chi connectivity index (χ4n) is 2.52. The van der Waals surface area contributed by atoms with Gasteiger partial charge in [-0.2, -0.15) is 0 Å². The molecular formula is C13H16N2O2. The highest BCUT2D eigenvalue weighted by atomic mass is 16.7. The first-order chi connectivity index (χ1) is 8.36. The first kappa shape index (κ1) is 10.6. The molecule has 3 rings (SSSR count). The molecule has 1 aromatic rings. The van der Waals surface area contributed by atoms with Crippen LogP contribution in [0.5, 0.6) is 0 Å². The zero-order valence-corrected chi connectivity index (χ0v) is 9.69. The fourth-order valence-corrected chi connectivity index (χ4v) is 2.52. The van der Waals surface area contributed by atoms with E-state index in [2.05, 4.69) is 5.32 Å². The molecule has 90 valence electrons. The summed E-state index contributed by atoms with van der Waals surface area (Å²) < 4.78 is 0. The number of nitrogens with zero attached hydrogens (tertiary/aromatic N) is 1. The minimum Gasteiger partial charge on any atom is -0.385 e. The number of anilines is 1. The van der Waals surface area contributed by atoms with Gasteiger partial charge >= 0.3 is 0 Å². The van der Waals surface area contributed by atoms with Crippen molar-refractivity contribution >= 4 is 11.6 Å². The van der Waals surface area contributed by atoms with Gasteiger partial charge in [-0.15, -0.1) is 0 Å². The van der Waals surface area contributed by atoms with Gasteiger partial charge in [0.15, 0.2) is 0 Å². The smallest absolute Gasteiger partial charge is 0.253 e. The number of amides is 1. The SMILES string of the molecule is O=C(C1CCNc2ccccc21)N1CCCO1. The van der Waals surface area contributed by atoms with E-state index in [0.717, 1.165) is 37.2 Å². The van der Waals surface area contributed by atoms with Crippen molar-refractivity contribution < 1.29 is 9.63 Å². The molecule has 1 unspecified atom stereocenters. The molecule has 1 fully saturated rings. The highest BCUT2D eigenvalue weighted by molar-refractivity contribution is 5.85. The number of para-hydroxylation sites is 1. The Balaban J connectivity index is 1.86. The van der Waals surface area contributed by atoms with Gasteiger partial charge < -0.3 is 5.32 Å². The second-order valence-corrected chi connectivity index (χ2v) is 4.48. The third kappa shape index (κ3) is 1.89. The standard InChI is InChI=1S/C13H16N2O2/c16-13(15-8-3-9-17-15)11-6-7-14-12-5-2-1-4-10(11)12/h1-2,4-5,11,14H,3,6-9H2. The van der Waals surface area contributed by atoms with E-state index >= 15 is 0 Å². The molecule has 1 saturated heterocycles. The molecular weight excluding hydrogens is 216 g/mol. The summed E-state index contributed by atoms with van der Waals surface area (Å²) in [5.41, 5.74) is 2.18. The number of benzene rings is 1. The summed E-state index contributed by atoms with van der Waals surface area (Å²) in [6.07, 6.45) is 1.79. The van der Waals surface area contributed by atoms with E-state index in [1.807, 2.05) is 24.3 Å². The number of nitrogens with one attached hydrogen (secondary N) is 1. The Morgan fingerprint density at radius 1 is 1.41 bits per heavy atom. The van der Waals surface area contributed by atoms with E-state index in [4.69, 9.17) is 4.84 Å². The average Bonchev–Trinajstić information content (AvgIpc) is 2.91. The van der Waals surface area contributed by atoms with Crippen LogP contribution in [0.25, 0.3) is 0 Å². The molecule has 4 heteroatoms. The molecule has 0 saturated carbocycles. The molecule has 1 amide bonds. The molecule has 0 spiro atoms. The maximum Gasteiger partial charge on any atom is 0.253 e. The van der Waals surface area contributed by atoms with E-state index in [0.29, 0.717) is 6.61 Å². The summed E-state index contributed by atoms with van der Waals surface area (Å²) in [4.78, 5) is 17.7. The van der Waals surface area contributed by atoms with Crippen LogP contribution in [0.4, 0.5) is 5.69 Å². The Kier molecular flexibility index (Phi) is 2.73. The number of hydroxylamine groups is 2. The van der Waals surface area contributed by atoms with Crippen molar-refractivity contribution in [3.05, 3.63) is 29.8 Å². The van der Waals surface area contributed by atoms with E-state index in [-0.39, 0.29) is 11.8 Å². The van der Waals surface area contributed by atoms with Crippen molar-refractivity contribution in [2.24, 2.45) is 0 Å². The molecule has 1 N–H and O–H groups in total. The summed E-state index contributed by atoms with van der Waals surface area (Å²) in [6, 6.07) is 8.03. The summed E-state index contributed by atoms with van der Waals surface area (Å²) in [5.74, 6) is 0.0574. The molecule has 4 nitrogen and oxygen atoms in total. The number of hydrogen-bond donors (Lipinski definition) is 1. The predicted molar refractivity (Wildman–Crippen MR) is 64.6 cm³/mol. The highest BCUT2D eigenvalue weighted by Crippen LogP contribution is 2.33. The molecule has 2 heterocycles. The first-order valence-electron chi connectivity index (χ1n) is 6.13. The van der Waals surface area contributed by atoms with E-state index in [9.17, 15) is 4.79 Å². The summed E-state index contributed by atoms with van der Waals surface area (Å²) in [5, 5.41) is 4.86. The Hall–Kier alpha value is -1.55. The lowest BCUT2D eigenvalue weighted by molar-refractivity contribution is -0.170. The van der Waals surface area contributed by atoms with Gasteiger partial charge in [-0.25, -0.2) is 5.06 Å². The molecule has 2 aliphatic rings. The zero-order chi connectivity index (χ0) is 11.7. The van der Waals surface area contributed by atoms with Gasteiger partial charge in [-0.05, 0) is 24.5 Å². The molecule has 0 radical (unpaired) electrons. The minimum absolute atomic E-state index is 0.0504. The van der Waals surface area contributed by atoms with Crippen molar-refractivity contribution in [2.75, 3.05) is 25.0 Å². The van der Waals surface area contributed by atoms with Gasteiger partial charge in [0, 0.05) is 12.2 Å². The molecule has 17 heavy (non-hydrogen) atoms. The first-order valence-corrected chi connectivity index (χ1v) is 6.13. The Labute approximate surface area is 101 Å². The van der Waals surface area contributed by atoms with Crippen LogP contribution in [0.3, 0.4) is 0 Å². The van der Waals surface area contributed by atoms with Crippen LogP contribution in [0.2, 0.25) is 0 Å². The van der Waals surface area contributed by atoms with Crippen molar-refractivity contribution in [1.29, 1.82) is 0 Å². The van der Waals surface area contributed by atoms with E-state index in [1.165, 1.54) is 5.06 Å². The quantitative estimate of drug-likeness (QED) is 0.802. The van der Waals surface area contributed by atoms with Gasteiger partial charge in [-0.3, -0.25) is 9.63 Å². The predicted octanol–water partition coefficient (Wildman–Crippen LogP) is 1.75. The topological polar surface area (TPSA) is 41.6 Å². The number of rotatable bonds is 1. The summed E-state index contributed by atoms with van der Waals surface area (Å²) in [6.45, 7) is 2.24. The Bertz CT molecular complexity index is 427. The number of carbonyl (C=O) groups is 1. The van der Waals surface area contributed by atoms with Crippen molar-refractivity contribution in [1.82, 2.24) is 5.06 Å². The Morgan fingerprint density at radius 2 is 2.29 bits per heavy atom. The normalized spacial score (nSPS) is 23.1. The lowest BCUT2D eigenvalue weighted by Gasteiger charge is -2.28. The largest absolute Gasteiger partial charge is 0.385 e. The molecule has 1 aromatic carbocycles. The lowest BCUT2D eigenvalue weighted by Crippen LogP contribution is -2.34. The van der Waals surface area contributed by atoms with Gasteiger partial charge in [0.1, 0.15) is 0 Å². The lowest BCUT2D eigenvalue weighted by atomic mass is 9.90. The van der Waals surface area contributed by atoms with Crippen molar-refractivity contribution in [3.63, 3.8) is 0 Å². The number of carbonyl (C=O) groups excluding carboxylic acids is 1. The van der Waals surface area contributed by atoms with Crippen LogP contribution >= 0.6 is 0 Å². The highest BCUT2D eigenvalue weighted by Gasteiger charge is 2.31. The van der Waals surface area contributed by atoms with Gasteiger partial charge in [-0.1, -0.05) is 18.2 Å². The van der Waals surface area contributed by atoms with Crippen LogP contribution in [0, 0.1) is 0 Å². The minimum atomic E-state index is -0.0504. The van der Waals surface area contributed by atoms with Gasteiger partial charge in [0.25, 0.3) is 5.91 Å². The third-order valence-electron chi connectivity index (χ3n) is 3.38. The summed E-state index contributed by atoms with van der Waals surface area (Å²) >= 11 is 0. The third-order valence-corrected chi connectivity index (χ3v) is 3.38. The number of hydrogen-bond acceptors (Lipinski definition) is 3. The van der Waals surface area contributed by atoms with Gasteiger partial charge in [0.05, 0.1) is 19.1 Å². The maximum atomic E-state index is 12.3.